The molecule has 2 fully saturated rings. The molecule has 2 aromatic rings. The van der Waals surface area contributed by atoms with Gasteiger partial charge in [0.2, 0.25) is 6.79 Å². The Bertz CT molecular complexity index is 801. The number of aromatic nitrogens is 2. The Morgan fingerprint density at radius 2 is 1.48 bits per heavy atom. The van der Waals surface area contributed by atoms with Gasteiger partial charge in [0.05, 0.1) is 0 Å². The largest absolute Gasteiger partial charge is 0.454 e. The van der Waals surface area contributed by atoms with E-state index in [0.29, 0.717) is 6.79 Å². The van der Waals surface area contributed by atoms with E-state index in [4.69, 9.17) is 9.47 Å². The van der Waals surface area contributed by atoms with Gasteiger partial charge in [-0.05, 0) is 30.5 Å². The first-order valence-electron chi connectivity index (χ1n) is 9.78. The molecule has 0 spiro atoms. The number of rotatable bonds is 4. The van der Waals surface area contributed by atoms with Crippen molar-refractivity contribution < 1.29 is 9.47 Å². The minimum atomic E-state index is 0.329. The zero-order valence-corrected chi connectivity index (χ0v) is 15.5. The molecule has 4 heterocycles. The maximum atomic E-state index is 5.49. The van der Waals surface area contributed by atoms with Crippen molar-refractivity contribution in [2.75, 3.05) is 55.9 Å². The van der Waals surface area contributed by atoms with Gasteiger partial charge in [-0.15, -0.1) is 0 Å². The summed E-state index contributed by atoms with van der Waals surface area (Å²) >= 11 is 0. The molecule has 0 N–H and O–H groups in total. The van der Waals surface area contributed by atoms with Crippen LogP contribution in [0.25, 0.3) is 0 Å². The Labute approximate surface area is 159 Å². The molecule has 2 saturated heterocycles. The van der Waals surface area contributed by atoms with Crippen molar-refractivity contribution in [3.63, 3.8) is 0 Å². The van der Waals surface area contributed by atoms with Gasteiger partial charge < -0.3 is 19.3 Å². The molecule has 5 rings (SSSR count). The van der Waals surface area contributed by atoms with Gasteiger partial charge in [0.1, 0.15) is 18.0 Å². The Kier molecular flexibility index (Phi) is 4.45. The fourth-order valence-electron chi connectivity index (χ4n) is 4.06. The quantitative estimate of drug-likeness (QED) is 0.820. The summed E-state index contributed by atoms with van der Waals surface area (Å²) in [5.74, 6) is 3.83. The van der Waals surface area contributed by atoms with Gasteiger partial charge >= 0.3 is 0 Å². The lowest BCUT2D eigenvalue weighted by Crippen LogP contribution is -2.46. The summed E-state index contributed by atoms with van der Waals surface area (Å²) in [6.45, 7) is 7.51. The lowest BCUT2D eigenvalue weighted by atomic mass is 10.1. The zero-order valence-electron chi connectivity index (χ0n) is 15.5. The second kappa shape index (κ2) is 7.23. The van der Waals surface area contributed by atoms with Crippen molar-refractivity contribution in [3.05, 3.63) is 36.2 Å². The summed E-state index contributed by atoms with van der Waals surface area (Å²) < 4.78 is 10.9. The van der Waals surface area contributed by atoms with Gasteiger partial charge in [-0.3, -0.25) is 4.90 Å². The van der Waals surface area contributed by atoms with Crippen LogP contribution in [-0.2, 0) is 6.54 Å². The Balaban J connectivity index is 1.20. The van der Waals surface area contributed by atoms with E-state index < -0.39 is 0 Å². The summed E-state index contributed by atoms with van der Waals surface area (Å²) in [6.07, 6.45) is 4.23. The zero-order chi connectivity index (χ0) is 18.1. The first-order chi connectivity index (χ1) is 13.3. The smallest absolute Gasteiger partial charge is 0.231 e. The van der Waals surface area contributed by atoms with Crippen molar-refractivity contribution in [2.24, 2.45) is 0 Å². The summed E-state index contributed by atoms with van der Waals surface area (Å²) in [4.78, 5) is 16.2. The van der Waals surface area contributed by atoms with Gasteiger partial charge in [0, 0.05) is 51.9 Å². The van der Waals surface area contributed by atoms with E-state index in [9.17, 15) is 0 Å². The molecule has 0 amide bonds. The molecular weight excluding hydrogens is 342 g/mol. The second-order valence-corrected chi connectivity index (χ2v) is 7.38. The van der Waals surface area contributed by atoms with Crippen LogP contribution in [0.3, 0.4) is 0 Å². The van der Waals surface area contributed by atoms with Gasteiger partial charge in [0.25, 0.3) is 0 Å². The number of piperazine rings is 1. The average molecular weight is 367 g/mol. The summed E-state index contributed by atoms with van der Waals surface area (Å²) in [6, 6.07) is 8.39. The van der Waals surface area contributed by atoms with Gasteiger partial charge in [-0.1, -0.05) is 6.07 Å². The standard InChI is InChI=1S/C20H25N5O2/c1-2-6-24(5-1)19-12-20(22-14-21-19)25-9-7-23(8-10-25)13-16-3-4-17-18(11-16)27-15-26-17/h3-4,11-12,14H,1-2,5-10,13,15H2. The number of hydrogen-bond donors (Lipinski definition) is 0. The molecule has 1 aromatic heterocycles. The highest BCUT2D eigenvalue weighted by Gasteiger charge is 2.21. The van der Waals surface area contributed by atoms with Crippen LogP contribution < -0.4 is 19.3 Å². The van der Waals surface area contributed by atoms with Crippen LogP contribution in [0.1, 0.15) is 18.4 Å². The summed E-state index contributed by atoms with van der Waals surface area (Å²) in [7, 11) is 0. The monoisotopic (exact) mass is 367 g/mol. The van der Waals surface area contributed by atoms with Crippen LogP contribution in [0.2, 0.25) is 0 Å². The topological polar surface area (TPSA) is 54.0 Å². The number of benzene rings is 1. The van der Waals surface area contributed by atoms with E-state index in [0.717, 1.165) is 68.9 Å². The minimum absolute atomic E-state index is 0.329. The van der Waals surface area contributed by atoms with Gasteiger partial charge in [-0.2, -0.15) is 0 Å². The van der Waals surface area contributed by atoms with Crippen LogP contribution in [0, 0.1) is 0 Å². The Hall–Kier alpha value is -2.54. The number of nitrogens with zero attached hydrogens (tertiary/aromatic N) is 5. The lowest BCUT2D eigenvalue weighted by Gasteiger charge is -2.35. The van der Waals surface area contributed by atoms with Crippen molar-refractivity contribution >= 4 is 11.6 Å². The predicted molar refractivity (Wildman–Crippen MR) is 104 cm³/mol. The highest BCUT2D eigenvalue weighted by Crippen LogP contribution is 2.33. The van der Waals surface area contributed by atoms with E-state index in [1.54, 1.807) is 6.33 Å². The first-order valence-corrected chi connectivity index (χ1v) is 9.78. The molecule has 7 heteroatoms. The van der Waals surface area contributed by atoms with Gasteiger partial charge in [0.15, 0.2) is 11.5 Å². The van der Waals surface area contributed by atoms with E-state index in [-0.39, 0.29) is 0 Å². The molecule has 27 heavy (non-hydrogen) atoms. The number of fused-ring (bicyclic) bond motifs is 1. The third kappa shape index (κ3) is 3.51. The second-order valence-electron chi connectivity index (χ2n) is 7.38. The van der Waals surface area contributed by atoms with Crippen molar-refractivity contribution in [1.29, 1.82) is 0 Å². The molecule has 0 radical (unpaired) electrons. The molecule has 3 aliphatic rings. The van der Waals surface area contributed by atoms with Crippen molar-refractivity contribution in [3.8, 4) is 11.5 Å². The molecule has 0 bridgehead atoms. The molecule has 0 aliphatic carbocycles. The van der Waals surface area contributed by atoms with Crippen molar-refractivity contribution in [2.45, 2.75) is 19.4 Å². The highest BCUT2D eigenvalue weighted by atomic mass is 16.7. The van der Waals surface area contributed by atoms with Crippen LogP contribution in [0.4, 0.5) is 11.6 Å². The Morgan fingerprint density at radius 3 is 2.26 bits per heavy atom. The molecule has 0 atom stereocenters. The Morgan fingerprint density at radius 1 is 0.778 bits per heavy atom. The van der Waals surface area contributed by atoms with Crippen LogP contribution in [0.15, 0.2) is 30.6 Å². The molecule has 3 aliphatic heterocycles. The van der Waals surface area contributed by atoms with E-state index in [1.165, 1.54) is 18.4 Å². The summed E-state index contributed by atoms with van der Waals surface area (Å²) in [5, 5.41) is 0. The van der Waals surface area contributed by atoms with E-state index in [1.807, 2.05) is 6.07 Å². The van der Waals surface area contributed by atoms with E-state index >= 15 is 0 Å². The van der Waals surface area contributed by atoms with E-state index in [2.05, 4.69) is 42.9 Å². The molecule has 7 nitrogen and oxygen atoms in total. The van der Waals surface area contributed by atoms with Crippen LogP contribution in [-0.4, -0.2) is 60.9 Å². The fourth-order valence-corrected chi connectivity index (χ4v) is 4.06. The number of ether oxygens (including phenoxy) is 2. The predicted octanol–water partition coefficient (Wildman–Crippen LogP) is 2.13. The molecule has 0 unspecified atom stereocenters. The fraction of sp³-hybridized carbons (Fsp3) is 0.500. The minimum Gasteiger partial charge on any atom is -0.454 e. The maximum absolute atomic E-state index is 5.49. The van der Waals surface area contributed by atoms with Crippen LogP contribution >= 0.6 is 0 Å². The van der Waals surface area contributed by atoms with Gasteiger partial charge in [-0.25, -0.2) is 9.97 Å². The maximum Gasteiger partial charge on any atom is 0.231 e. The molecule has 0 saturated carbocycles. The highest BCUT2D eigenvalue weighted by molar-refractivity contribution is 5.51. The lowest BCUT2D eigenvalue weighted by molar-refractivity contribution is 0.174. The average Bonchev–Trinajstić information content (AvgIpc) is 3.40. The molecule has 1 aromatic carbocycles. The number of anilines is 2. The van der Waals surface area contributed by atoms with Crippen LogP contribution in [0.5, 0.6) is 11.5 Å². The number of hydrogen-bond acceptors (Lipinski definition) is 7. The normalized spacial score (nSPS) is 19.7. The first kappa shape index (κ1) is 16.6. The van der Waals surface area contributed by atoms with Crippen molar-refractivity contribution in [1.82, 2.24) is 14.9 Å². The molecular formula is C20H25N5O2. The third-order valence-electron chi connectivity index (χ3n) is 5.61. The summed E-state index contributed by atoms with van der Waals surface area (Å²) in [5.41, 5.74) is 1.27. The third-order valence-corrected chi connectivity index (χ3v) is 5.61. The SMILES string of the molecule is c1nc(N2CCCC2)cc(N2CCN(Cc3ccc4c(c3)OCO4)CC2)n1. The molecule has 142 valence electrons.